The standard InChI is InChI=1S/C12H24N2O4/c1-5-18-9(7-13)6-10(15)14-11(8(2)3)12(16)17-4/h8-9,11H,5-7,13H2,1-4H3,(H,14,15). The summed E-state index contributed by atoms with van der Waals surface area (Å²) >= 11 is 0. The molecule has 2 atom stereocenters. The Morgan fingerprint density at radius 2 is 1.94 bits per heavy atom. The van der Waals surface area contributed by atoms with Gasteiger partial charge in [-0.15, -0.1) is 0 Å². The van der Waals surface area contributed by atoms with Gasteiger partial charge < -0.3 is 20.5 Å². The van der Waals surface area contributed by atoms with Crippen molar-refractivity contribution in [3.63, 3.8) is 0 Å². The fraction of sp³-hybridized carbons (Fsp3) is 0.833. The molecule has 0 saturated carbocycles. The van der Waals surface area contributed by atoms with Crippen molar-refractivity contribution in [3.05, 3.63) is 0 Å². The number of methoxy groups -OCH3 is 1. The van der Waals surface area contributed by atoms with Crippen LogP contribution in [0.3, 0.4) is 0 Å². The molecule has 1 amide bonds. The van der Waals surface area contributed by atoms with E-state index in [2.05, 4.69) is 10.1 Å². The van der Waals surface area contributed by atoms with Crippen LogP contribution < -0.4 is 11.1 Å². The number of nitrogens with two attached hydrogens (primary N) is 1. The molecule has 0 aliphatic heterocycles. The van der Waals surface area contributed by atoms with Crippen LogP contribution in [0.5, 0.6) is 0 Å². The molecule has 6 nitrogen and oxygen atoms in total. The van der Waals surface area contributed by atoms with Gasteiger partial charge in [0.05, 0.1) is 19.6 Å². The number of ether oxygens (including phenoxy) is 2. The van der Waals surface area contributed by atoms with Crippen molar-refractivity contribution in [2.24, 2.45) is 11.7 Å². The summed E-state index contributed by atoms with van der Waals surface area (Å²) in [6, 6.07) is -0.637. The largest absolute Gasteiger partial charge is 0.467 e. The molecule has 6 heteroatoms. The zero-order valence-electron chi connectivity index (χ0n) is 11.6. The summed E-state index contributed by atoms with van der Waals surface area (Å²) in [5.41, 5.74) is 5.49. The number of hydrogen-bond acceptors (Lipinski definition) is 5. The average molecular weight is 260 g/mol. The summed E-state index contributed by atoms with van der Waals surface area (Å²) in [5, 5.41) is 2.64. The highest BCUT2D eigenvalue weighted by Gasteiger charge is 2.25. The molecule has 0 saturated heterocycles. The Kier molecular flexibility index (Phi) is 8.32. The van der Waals surface area contributed by atoms with Gasteiger partial charge in [0, 0.05) is 13.2 Å². The molecule has 0 heterocycles. The first-order chi connectivity index (χ1) is 8.46. The van der Waals surface area contributed by atoms with Gasteiger partial charge in [-0.2, -0.15) is 0 Å². The minimum absolute atomic E-state index is 0.0372. The zero-order valence-corrected chi connectivity index (χ0v) is 11.6. The third-order valence-corrected chi connectivity index (χ3v) is 2.52. The smallest absolute Gasteiger partial charge is 0.328 e. The Bertz CT molecular complexity index is 269. The van der Waals surface area contributed by atoms with Crippen molar-refractivity contribution in [1.82, 2.24) is 5.32 Å². The van der Waals surface area contributed by atoms with Gasteiger partial charge in [0.2, 0.25) is 5.91 Å². The van der Waals surface area contributed by atoms with Crippen molar-refractivity contribution in [2.45, 2.75) is 39.3 Å². The van der Waals surface area contributed by atoms with E-state index >= 15 is 0 Å². The molecular formula is C12H24N2O4. The molecular weight excluding hydrogens is 236 g/mol. The van der Waals surface area contributed by atoms with Crippen molar-refractivity contribution < 1.29 is 19.1 Å². The summed E-state index contributed by atoms with van der Waals surface area (Å²) in [4.78, 5) is 23.2. The highest BCUT2D eigenvalue weighted by atomic mass is 16.5. The van der Waals surface area contributed by atoms with Crippen LogP contribution in [0.4, 0.5) is 0 Å². The van der Waals surface area contributed by atoms with Crippen molar-refractivity contribution in [3.8, 4) is 0 Å². The van der Waals surface area contributed by atoms with E-state index < -0.39 is 12.0 Å². The van der Waals surface area contributed by atoms with Gasteiger partial charge in [-0.05, 0) is 12.8 Å². The second-order valence-electron chi connectivity index (χ2n) is 4.33. The van der Waals surface area contributed by atoms with E-state index in [1.54, 1.807) is 0 Å². The fourth-order valence-corrected chi connectivity index (χ4v) is 1.51. The van der Waals surface area contributed by atoms with Crippen LogP contribution in [0.1, 0.15) is 27.2 Å². The third-order valence-electron chi connectivity index (χ3n) is 2.52. The molecule has 0 aliphatic carbocycles. The molecule has 0 fully saturated rings. The highest BCUT2D eigenvalue weighted by molar-refractivity contribution is 5.84. The Hall–Kier alpha value is -1.14. The van der Waals surface area contributed by atoms with Crippen LogP contribution in [0.15, 0.2) is 0 Å². The maximum absolute atomic E-state index is 11.8. The summed E-state index contributed by atoms with van der Waals surface area (Å²) < 4.78 is 9.93. The Morgan fingerprint density at radius 1 is 1.33 bits per heavy atom. The van der Waals surface area contributed by atoms with E-state index in [1.807, 2.05) is 20.8 Å². The summed E-state index contributed by atoms with van der Waals surface area (Å²) in [6.07, 6.45) is -0.176. The normalized spacial score (nSPS) is 14.1. The maximum atomic E-state index is 11.8. The molecule has 106 valence electrons. The van der Waals surface area contributed by atoms with Crippen molar-refractivity contribution in [1.29, 1.82) is 0 Å². The van der Waals surface area contributed by atoms with Gasteiger partial charge in [-0.1, -0.05) is 13.8 Å². The van der Waals surface area contributed by atoms with E-state index in [1.165, 1.54) is 7.11 Å². The summed E-state index contributed by atoms with van der Waals surface area (Å²) in [7, 11) is 1.30. The number of carbonyl (C=O) groups is 2. The van der Waals surface area contributed by atoms with Gasteiger partial charge >= 0.3 is 5.97 Å². The lowest BCUT2D eigenvalue weighted by atomic mass is 10.0. The number of rotatable bonds is 8. The maximum Gasteiger partial charge on any atom is 0.328 e. The van der Waals surface area contributed by atoms with E-state index in [4.69, 9.17) is 10.5 Å². The third kappa shape index (κ3) is 5.97. The van der Waals surface area contributed by atoms with Gasteiger partial charge in [0.15, 0.2) is 0 Å². The lowest BCUT2D eigenvalue weighted by Crippen LogP contribution is -2.46. The highest BCUT2D eigenvalue weighted by Crippen LogP contribution is 2.05. The lowest BCUT2D eigenvalue weighted by molar-refractivity contribution is -0.146. The number of esters is 1. The molecule has 18 heavy (non-hydrogen) atoms. The van der Waals surface area contributed by atoms with E-state index in [0.717, 1.165) is 0 Å². The molecule has 0 aromatic rings. The van der Waals surface area contributed by atoms with Crippen LogP contribution in [-0.2, 0) is 19.1 Å². The van der Waals surface area contributed by atoms with E-state index in [0.29, 0.717) is 6.61 Å². The van der Waals surface area contributed by atoms with Crippen LogP contribution in [0, 0.1) is 5.92 Å². The molecule has 3 N–H and O–H groups in total. The number of nitrogens with one attached hydrogen (secondary N) is 1. The minimum atomic E-state index is -0.637. The predicted octanol–water partition coefficient (Wildman–Crippen LogP) is 0.0541. The topological polar surface area (TPSA) is 90.6 Å². The van der Waals surface area contributed by atoms with Gasteiger partial charge in [-0.25, -0.2) is 4.79 Å². The lowest BCUT2D eigenvalue weighted by Gasteiger charge is -2.21. The zero-order chi connectivity index (χ0) is 14.1. The van der Waals surface area contributed by atoms with Gasteiger partial charge in [0.1, 0.15) is 6.04 Å². The predicted molar refractivity (Wildman–Crippen MR) is 67.9 cm³/mol. The molecule has 0 radical (unpaired) electrons. The average Bonchev–Trinajstić information content (AvgIpc) is 2.34. The van der Waals surface area contributed by atoms with Crippen LogP contribution in [-0.4, -0.2) is 44.3 Å². The minimum Gasteiger partial charge on any atom is -0.467 e. The fourth-order valence-electron chi connectivity index (χ4n) is 1.51. The summed E-state index contributed by atoms with van der Waals surface area (Å²) in [5.74, 6) is -0.744. The second kappa shape index (κ2) is 8.88. The van der Waals surface area contributed by atoms with Gasteiger partial charge in [0.25, 0.3) is 0 Å². The van der Waals surface area contributed by atoms with Crippen LogP contribution in [0.2, 0.25) is 0 Å². The van der Waals surface area contributed by atoms with Gasteiger partial charge in [-0.3, -0.25) is 4.79 Å². The second-order valence-corrected chi connectivity index (χ2v) is 4.33. The molecule has 0 rings (SSSR count). The quantitative estimate of drug-likeness (QED) is 0.602. The number of hydrogen-bond donors (Lipinski definition) is 2. The Balaban J connectivity index is 4.37. The van der Waals surface area contributed by atoms with Crippen LogP contribution in [0.25, 0.3) is 0 Å². The molecule has 2 unspecified atom stereocenters. The van der Waals surface area contributed by atoms with E-state index in [-0.39, 0.29) is 30.9 Å². The van der Waals surface area contributed by atoms with Crippen molar-refractivity contribution >= 4 is 11.9 Å². The first kappa shape index (κ1) is 16.9. The molecule has 0 spiro atoms. The Labute approximate surface area is 108 Å². The molecule has 0 bridgehead atoms. The molecule has 0 aromatic heterocycles. The number of carbonyl (C=O) groups excluding carboxylic acids is 2. The summed E-state index contributed by atoms with van der Waals surface area (Å²) in [6.45, 7) is 6.28. The van der Waals surface area contributed by atoms with Crippen molar-refractivity contribution in [2.75, 3.05) is 20.3 Å². The molecule has 0 aliphatic rings. The van der Waals surface area contributed by atoms with Crippen LogP contribution >= 0.6 is 0 Å². The SMILES string of the molecule is CCOC(CN)CC(=O)NC(C(=O)OC)C(C)C. The van der Waals surface area contributed by atoms with E-state index in [9.17, 15) is 9.59 Å². The first-order valence-corrected chi connectivity index (χ1v) is 6.15. The number of amides is 1. The first-order valence-electron chi connectivity index (χ1n) is 6.15. The monoisotopic (exact) mass is 260 g/mol. The Morgan fingerprint density at radius 3 is 2.33 bits per heavy atom. The molecule has 0 aromatic carbocycles.